The van der Waals surface area contributed by atoms with Crippen LogP contribution in [-0.4, -0.2) is 53.8 Å². The summed E-state index contributed by atoms with van der Waals surface area (Å²) in [5, 5.41) is 2.02. The number of nitrogens with zero attached hydrogens (tertiary/aromatic N) is 2. The second-order valence-corrected chi connectivity index (χ2v) is 9.23. The van der Waals surface area contributed by atoms with Crippen molar-refractivity contribution >= 4 is 52.6 Å². The van der Waals surface area contributed by atoms with Gasteiger partial charge >= 0.3 is 0 Å². The highest BCUT2D eigenvalue weighted by atomic mass is 32.2. The molecule has 0 unspecified atom stereocenters. The minimum absolute atomic E-state index is 0.135. The maximum Gasteiger partial charge on any atom is 0.250 e. The summed E-state index contributed by atoms with van der Waals surface area (Å²) in [4.78, 5) is 44.1. The van der Waals surface area contributed by atoms with Gasteiger partial charge in [-0.3, -0.25) is 14.4 Å². The smallest absolute Gasteiger partial charge is 0.250 e. The Hall–Kier alpha value is -2.45. The first-order valence-corrected chi connectivity index (χ1v) is 12.0. The summed E-state index contributed by atoms with van der Waals surface area (Å²) in [5.74, 6) is -0.783. The van der Waals surface area contributed by atoms with E-state index in [1.165, 1.54) is 16.7 Å². The molecule has 1 N–H and O–H groups in total. The number of fused-ring (bicyclic) bond motifs is 1. The quantitative estimate of drug-likeness (QED) is 0.568. The first-order valence-electron chi connectivity index (χ1n) is 9.86. The van der Waals surface area contributed by atoms with E-state index < -0.39 is 5.25 Å². The molecule has 0 aromatic heterocycles. The largest absolute Gasteiger partial charge is 0.341 e. The third kappa shape index (κ3) is 4.34. The molecule has 0 radical (unpaired) electrons. The lowest BCUT2D eigenvalue weighted by Gasteiger charge is -2.34. The number of hydrogen-bond acceptors (Lipinski definition) is 5. The van der Waals surface area contributed by atoms with E-state index in [2.05, 4.69) is 5.32 Å². The summed E-state index contributed by atoms with van der Waals surface area (Å²) in [6, 6.07) is 15.0. The average molecular weight is 442 g/mol. The van der Waals surface area contributed by atoms with Crippen LogP contribution < -0.4 is 10.2 Å². The molecule has 0 spiro atoms. The molecule has 1 saturated heterocycles. The zero-order valence-corrected chi connectivity index (χ0v) is 18.3. The third-order valence-electron chi connectivity index (χ3n) is 5.19. The first kappa shape index (κ1) is 20.8. The monoisotopic (exact) mass is 441 g/mol. The molecule has 3 amide bonds. The SMILES string of the molecule is CSc1cccc(NC(=O)CN2C(=O)[C@H](C(=O)N3CCCC3)Sc3ccccc32)c1. The Morgan fingerprint density at radius 3 is 2.67 bits per heavy atom. The normalized spacial score (nSPS) is 18.3. The van der Waals surface area contributed by atoms with Crippen LogP contribution in [0.2, 0.25) is 0 Å². The minimum atomic E-state index is -0.842. The van der Waals surface area contributed by atoms with E-state index in [0.29, 0.717) is 24.5 Å². The summed E-state index contributed by atoms with van der Waals surface area (Å²) in [5.41, 5.74) is 1.36. The number of nitrogens with one attached hydrogen (secondary N) is 1. The van der Waals surface area contributed by atoms with Gasteiger partial charge in [-0.1, -0.05) is 18.2 Å². The fourth-order valence-electron chi connectivity index (χ4n) is 3.68. The summed E-state index contributed by atoms with van der Waals surface area (Å²) in [6.45, 7) is 1.25. The molecular weight excluding hydrogens is 418 g/mol. The highest BCUT2D eigenvalue weighted by Crippen LogP contribution is 2.40. The van der Waals surface area contributed by atoms with E-state index in [9.17, 15) is 14.4 Å². The molecular formula is C22H23N3O3S2. The molecule has 2 heterocycles. The maximum atomic E-state index is 13.2. The van der Waals surface area contributed by atoms with Crippen LogP contribution in [0.15, 0.2) is 58.3 Å². The van der Waals surface area contributed by atoms with Crippen LogP contribution in [0, 0.1) is 0 Å². The molecule has 30 heavy (non-hydrogen) atoms. The van der Waals surface area contributed by atoms with Gasteiger partial charge in [-0.2, -0.15) is 0 Å². The Kier molecular flexibility index (Phi) is 6.34. The fraction of sp³-hybridized carbons (Fsp3) is 0.318. The summed E-state index contributed by atoms with van der Waals surface area (Å²) >= 11 is 2.87. The molecule has 1 fully saturated rings. The number of carbonyl (C=O) groups is 3. The van der Waals surface area contributed by atoms with Crippen molar-refractivity contribution in [1.82, 2.24) is 4.90 Å². The van der Waals surface area contributed by atoms with Gasteiger partial charge in [0, 0.05) is 28.6 Å². The van der Waals surface area contributed by atoms with E-state index in [1.807, 2.05) is 54.8 Å². The van der Waals surface area contributed by atoms with Gasteiger partial charge < -0.3 is 15.1 Å². The van der Waals surface area contributed by atoms with Gasteiger partial charge in [0.2, 0.25) is 11.8 Å². The van der Waals surface area contributed by atoms with Gasteiger partial charge in [0.15, 0.2) is 5.25 Å². The Labute approximate surface area is 184 Å². The third-order valence-corrected chi connectivity index (χ3v) is 7.15. The topological polar surface area (TPSA) is 69.7 Å². The van der Waals surface area contributed by atoms with Crippen molar-refractivity contribution in [1.29, 1.82) is 0 Å². The number of benzene rings is 2. The Morgan fingerprint density at radius 2 is 1.90 bits per heavy atom. The van der Waals surface area contributed by atoms with Gasteiger partial charge in [0.05, 0.1) is 5.69 Å². The zero-order chi connectivity index (χ0) is 21.1. The second kappa shape index (κ2) is 9.14. The number of thioether (sulfide) groups is 2. The summed E-state index contributed by atoms with van der Waals surface area (Å²) in [6.07, 6.45) is 3.91. The predicted octanol–water partition coefficient (Wildman–Crippen LogP) is 3.48. The molecule has 0 saturated carbocycles. The van der Waals surface area contributed by atoms with Crippen molar-refractivity contribution in [2.24, 2.45) is 0 Å². The number of carbonyl (C=O) groups excluding carboxylic acids is 3. The van der Waals surface area contributed by atoms with Crippen LogP contribution in [0.1, 0.15) is 12.8 Å². The molecule has 156 valence electrons. The van der Waals surface area contributed by atoms with E-state index in [4.69, 9.17) is 0 Å². The molecule has 2 aromatic carbocycles. The number of hydrogen-bond donors (Lipinski definition) is 1. The Morgan fingerprint density at radius 1 is 1.13 bits per heavy atom. The van der Waals surface area contributed by atoms with E-state index in [1.54, 1.807) is 16.7 Å². The lowest BCUT2D eigenvalue weighted by atomic mass is 10.2. The lowest BCUT2D eigenvalue weighted by molar-refractivity contribution is -0.134. The van der Waals surface area contributed by atoms with Gasteiger partial charge in [-0.25, -0.2) is 0 Å². The lowest BCUT2D eigenvalue weighted by Crippen LogP contribution is -2.51. The van der Waals surface area contributed by atoms with E-state index in [0.717, 1.165) is 22.6 Å². The molecule has 1 atom stereocenters. The highest BCUT2D eigenvalue weighted by Gasteiger charge is 2.41. The maximum absolute atomic E-state index is 13.2. The van der Waals surface area contributed by atoms with Gasteiger partial charge in [0.1, 0.15) is 6.54 Å². The fourth-order valence-corrected chi connectivity index (χ4v) is 5.33. The second-order valence-electron chi connectivity index (χ2n) is 7.20. The van der Waals surface area contributed by atoms with Crippen molar-refractivity contribution in [3.63, 3.8) is 0 Å². The van der Waals surface area contributed by atoms with Crippen molar-refractivity contribution in [2.75, 3.05) is 36.1 Å². The number of rotatable bonds is 5. The van der Waals surface area contributed by atoms with Gasteiger partial charge in [0.25, 0.3) is 5.91 Å². The average Bonchev–Trinajstić information content (AvgIpc) is 3.30. The van der Waals surface area contributed by atoms with Crippen molar-refractivity contribution in [3.05, 3.63) is 48.5 Å². The molecule has 6 nitrogen and oxygen atoms in total. The van der Waals surface area contributed by atoms with Crippen molar-refractivity contribution in [3.8, 4) is 0 Å². The van der Waals surface area contributed by atoms with Gasteiger partial charge in [-0.15, -0.1) is 23.5 Å². The molecule has 0 aliphatic carbocycles. The predicted molar refractivity (Wildman–Crippen MR) is 121 cm³/mol. The first-order chi connectivity index (χ1) is 14.6. The van der Waals surface area contributed by atoms with E-state index >= 15 is 0 Å². The van der Waals surface area contributed by atoms with Crippen LogP contribution in [0.3, 0.4) is 0 Å². The number of para-hydroxylation sites is 1. The molecule has 0 bridgehead atoms. The Bertz CT molecular complexity index is 976. The molecule has 8 heteroatoms. The van der Waals surface area contributed by atoms with Gasteiger partial charge in [-0.05, 0) is 49.4 Å². The Balaban J connectivity index is 1.54. The molecule has 2 aliphatic heterocycles. The molecule has 4 rings (SSSR count). The number of likely N-dealkylation sites (tertiary alicyclic amines) is 1. The van der Waals surface area contributed by atoms with Crippen LogP contribution in [0.4, 0.5) is 11.4 Å². The zero-order valence-electron chi connectivity index (χ0n) is 16.7. The van der Waals surface area contributed by atoms with Crippen LogP contribution in [-0.2, 0) is 14.4 Å². The van der Waals surface area contributed by atoms with Crippen LogP contribution in [0.5, 0.6) is 0 Å². The number of anilines is 2. The highest BCUT2D eigenvalue weighted by molar-refractivity contribution is 8.01. The van der Waals surface area contributed by atoms with Crippen LogP contribution in [0.25, 0.3) is 0 Å². The molecule has 2 aromatic rings. The van der Waals surface area contributed by atoms with E-state index in [-0.39, 0.29) is 24.3 Å². The van der Waals surface area contributed by atoms with Crippen LogP contribution >= 0.6 is 23.5 Å². The van der Waals surface area contributed by atoms with Crippen molar-refractivity contribution < 1.29 is 14.4 Å². The minimum Gasteiger partial charge on any atom is -0.341 e. The van der Waals surface area contributed by atoms with Crippen molar-refractivity contribution in [2.45, 2.75) is 27.9 Å². The summed E-state index contributed by atoms with van der Waals surface area (Å²) in [7, 11) is 0. The number of amides is 3. The summed E-state index contributed by atoms with van der Waals surface area (Å²) < 4.78 is 0. The molecule has 2 aliphatic rings. The standard InChI is InChI=1S/C22H23N3O3S2/c1-29-16-8-6-7-15(13-16)23-19(26)14-25-17-9-2-3-10-18(17)30-20(22(25)28)21(27)24-11-4-5-12-24/h2-3,6-10,13,20H,4-5,11-12,14H2,1H3,(H,23,26)/t20-/m0/s1.